The Kier molecular flexibility index (Phi) is 5.32. The Morgan fingerprint density at radius 2 is 1.75 bits per heavy atom. The van der Waals surface area contributed by atoms with Crippen molar-refractivity contribution in [2.75, 3.05) is 12.4 Å². The second-order valence-electron chi connectivity index (χ2n) is 4.76. The number of hydrogen-bond donors (Lipinski definition) is 1. The fourth-order valence-corrected chi connectivity index (χ4v) is 1.90. The maximum absolute atomic E-state index is 12.1. The average molecular weight is 321 g/mol. The summed E-state index contributed by atoms with van der Waals surface area (Å²) in [7, 11) is 1.55. The van der Waals surface area contributed by atoms with Crippen LogP contribution in [0.5, 0.6) is 5.75 Å². The SMILES string of the molecule is COc1ccc(/C=C(\C#N)C(=O)Nc2ccc(C(=O)[O-])cc2)cc1. The van der Waals surface area contributed by atoms with Crippen LogP contribution in [-0.2, 0) is 4.79 Å². The second-order valence-corrected chi connectivity index (χ2v) is 4.76. The van der Waals surface area contributed by atoms with Crippen LogP contribution in [0, 0.1) is 11.3 Å². The molecule has 6 nitrogen and oxygen atoms in total. The van der Waals surface area contributed by atoms with E-state index in [0.29, 0.717) is 17.0 Å². The topological polar surface area (TPSA) is 102 Å². The molecule has 0 aliphatic carbocycles. The van der Waals surface area contributed by atoms with E-state index < -0.39 is 11.9 Å². The van der Waals surface area contributed by atoms with Crippen LogP contribution in [0.3, 0.4) is 0 Å². The quantitative estimate of drug-likeness (QED) is 0.665. The van der Waals surface area contributed by atoms with Gasteiger partial charge in [0.25, 0.3) is 5.91 Å². The number of carbonyl (C=O) groups excluding carboxylic acids is 2. The van der Waals surface area contributed by atoms with Crippen molar-refractivity contribution in [3.05, 3.63) is 65.2 Å². The maximum Gasteiger partial charge on any atom is 0.266 e. The van der Waals surface area contributed by atoms with Gasteiger partial charge < -0.3 is 20.0 Å². The molecular formula is C18H13N2O4-. The first-order valence-electron chi connectivity index (χ1n) is 6.92. The molecule has 0 spiro atoms. The van der Waals surface area contributed by atoms with Gasteiger partial charge in [0.05, 0.1) is 13.1 Å². The van der Waals surface area contributed by atoms with Gasteiger partial charge in [-0.25, -0.2) is 0 Å². The molecule has 0 bridgehead atoms. The lowest BCUT2D eigenvalue weighted by Crippen LogP contribution is -2.22. The van der Waals surface area contributed by atoms with Crippen LogP contribution in [0.2, 0.25) is 0 Å². The fourth-order valence-electron chi connectivity index (χ4n) is 1.90. The Hall–Kier alpha value is -3.59. The molecule has 2 aromatic rings. The van der Waals surface area contributed by atoms with E-state index in [9.17, 15) is 14.7 Å². The number of carboxylic acids is 1. The van der Waals surface area contributed by atoms with E-state index in [1.807, 2.05) is 6.07 Å². The van der Waals surface area contributed by atoms with Crippen molar-refractivity contribution in [1.82, 2.24) is 0 Å². The number of anilines is 1. The van der Waals surface area contributed by atoms with E-state index in [0.717, 1.165) is 0 Å². The Bertz CT molecular complexity index is 816. The molecule has 0 saturated carbocycles. The number of nitrogens with one attached hydrogen (secondary N) is 1. The summed E-state index contributed by atoms with van der Waals surface area (Å²) in [5, 5.41) is 22.4. The molecule has 0 unspecified atom stereocenters. The van der Waals surface area contributed by atoms with Crippen LogP contribution in [0.25, 0.3) is 6.08 Å². The molecule has 1 N–H and O–H groups in total. The zero-order valence-electron chi connectivity index (χ0n) is 12.8. The normalized spacial score (nSPS) is 10.6. The number of rotatable bonds is 5. The van der Waals surface area contributed by atoms with E-state index in [-0.39, 0.29) is 11.1 Å². The minimum Gasteiger partial charge on any atom is -0.545 e. The molecule has 0 fully saturated rings. The predicted octanol–water partition coefficient (Wildman–Crippen LogP) is 1.60. The van der Waals surface area contributed by atoms with Gasteiger partial charge >= 0.3 is 0 Å². The van der Waals surface area contributed by atoms with Gasteiger partial charge in [-0.1, -0.05) is 24.3 Å². The van der Waals surface area contributed by atoms with E-state index in [1.165, 1.54) is 30.3 Å². The largest absolute Gasteiger partial charge is 0.545 e. The minimum absolute atomic E-state index is 0.00211. The van der Waals surface area contributed by atoms with E-state index in [4.69, 9.17) is 10.00 Å². The monoisotopic (exact) mass is 321 g/mol. The summed E-state index contributed by atoms with van der Waals surface area (Å²) in [5.41, 5.74) is 0.974. The molecule has 0 aromatic heterocycles. The molecule has 120 valence electrons. The highest BCUT2D eigenvalue weighted by atomic mass is 16.5. The Balaban J connectivity index is 2.14. The number of nitriles is 1. The van der Waals surface area contributed by atoms with Crippen LogP contribution >= 0.6 is 0 Å². The Labute approximate surface area is 138 Å². The molecule has 0 saturated heterocycles. The lowest BCUT2D eigenvalue weighted by molar-refractivity contribution is -0.255. The highest BCUT2D eigenvalue weighted by molar-refractivity contribution is 6.09. The van der Waals surface area contributed by atoms with Crippen molar-refractivity contribution in [3.63, 3.8) is 0 Å². The number of aromatic carboxylic acids is 1. The van der Waals surface area contributed by atoms with Gasteiger partial charge in [0, 0.05) is 5.69 Å². The van der Waals surface area contributed by atoms with Crippen molar-refractivity contribution in [1.29, 1.82) is 5.26 Å². The van der Waals surface area contributed by atoms with Gasteiger partial charge in [0.1, 0.15) is 17.4 Å². The van der Waals surface area contributed by atoms with Crippen LogP contribution in [0.4, 0.5) is 5.69 Å². The van der Waals surface area contributed by atoms with Gasteiger partial charge in [-0.15, -0.1) is 0 Å². The zero-order chi connectivity index (χ0) is 17.5. The van der Waals surface area contributed by atoms with Crippen molar-refractivity contribution in [3.8, 4) is 11.8 Å². The first kappa shape index (κ1) is 16.8. The van der Waals surface area contributed by atoms with Gasteiger partial charge in [-0.2, -0.15) is 5.26 Å². The summed E-state index contributed by atoms with van der Waals surface area (Å²) in [6.45, 7) is 0. The molecule has 0 radical (unpaired) electrons. The molecule has 2 rings (SSSR count). The average Bonchev–Trinajstić information content (AvgIpc) is 2.60. The Morgan fingerprint density at radius 1 is 1.12 bits per heavy atom. The van der Waals surface area contributed by atoms with Gasteiger partial charge in [0.2, 0.25) is 0 Å². The van der Waals surface area contributed by atoms with Crippen molar-refractivity contribution >= 4 is 23.6 Å². The summed E-state index contributed by atoms with van der Waals surface area (Å²) in [5.74, 6) is -1.22. The minimum atomic E-state index is -1.30. The third-order valence-electron chi connectivity index (χ3n) is 3.17. The predicted molar refractivity (Wildman–Crippen MR) is 86.0 cm³/mol. The zero-order valence-corrected chi connectivity index (χ0v) is 12.8. The van der Waals surface area contributed by atoms with E-state index in [1.54, 1.807) is 31.4 Å². The number of amides is 1. The fraction of sp³-hybridized carbons (Fsp3) is 0.0556. The number of hydrogen-bond acceptors (Lipinski definition) is 5. The Morgan fingerprint density at radius 3 is 2.25 bits per heavy atom. The smallest absolute Gasteiger partial charge is 0.266 e. The molecule has 2 aromatic carbocycles. The van der Waals surface area contributed by atoms with Gasteiger partial charge in [-0.05, 0) is 41.5 Å². The first-order chi connectivity index (χ1) is 11.5. The molecule has 0 atom stereocenters. The van der Waals surface area contributed by atoms with E-state index in [2.05, 4.69) is 5.32 Å². The van der Waals surface area contributed by atoms with Gasteiger partial charge in [-0.3, -0.25) is 4.79 Å². The van der Waals surface area contributed by atoms with Crippen LogP contribution in [0.1, 0.15) is 15.9 Å². The number of carbonyl (C=O) groups is 2. The highest BCUT2D eigenvalue weighted by Crippen LogP contribution is 2.15. The third kappa shape index (κ3) is 4.21. The summed E-state index contributed by atoms with van der Waals surface area (Å²) < 4.78 is 5.04. The standard InChI is InChI=1S/C18H14N2O4/c1-24-16-8-2-12(3-9-16)10-14(11-19)17(21)20-15-6-4-13(5-7-15)18(22)23/h2-10H,1H3,(H,20,21)(H,22,23)/p-1/b14-10+. The summed E-state index contributed by atoms with van der Waals surface area (Å²) >= 11 is 0. The third-order valence-corrected chi connectivity index (χ3v) is 3.17. The molecule has 0 aliphatic rings. The molecule has 0 heterocycles. The summed E-state index contributed by atoms with van der Waals surface area (Å²) in [4.78, 5) is 22.8. The second kappa shape index (κ2) is 7.61. The number of nitrogens with zero attached hydrogens (tertiary/aromatic N) is 1. The maximum atomic E-state index is 12.1. The lowest BCUT2D eigenvalue weighted by atomic mass is 10.1. The van der Waals surface area contributed by atoms with E-state index >= 15 is 0 Å². The first-order valence-corrected chi connectivity index (χ1v) is 6.92. The van der Waals surface area contributed by atoms with Crippen LogP contribution < -0.4 is 15.2 Å². The van der Waals surface area contributed by atoms with Crippen LogP contribution in [-0.4, -0.2) is 19.0 Å². The highest BCUT2D eigenvalue weighted by Gasteiger charge is 2.09. The molecule has 24 heavy (non-hydrogen) atoms. The molecule has 6 heteroatoms. The summed E-state index contributed by atoms with van der Waals surface area (Å²) in [6, 6.07) is 14.2. The molecular weight excluding hydrogens is 308 g/mol. The molecule has 0 aliphatic heterocycles. The van der Waals surface area contributed by atoms with Crippen molar-refractivity contribution in [2.24, 2.45) is 0 Å². The van der Waals surface area contributed by atoms with Gasteiger partial charge in [0.15, 0.2) is 0 Å². The number of carboxylic acid groups (broad SMARTS) is 1. The number of methoxy groups -OCH3 is 1. The molecule has 1 amide bonds. The van der Waals surface area contributed by atoms with Crippen molar-refractivity contribution < 1.29 is 19.4 Å². The summed E-state index contributed by atoms with van der Waals surface area (Å²) in [6.07, 6.45) is 1.45. The number of benzene rings is 2. The van der Waals surface area contributed by atoms with Crippen LogP contribution in [0.15, 0.2) is 54.1 Å². The number of ether oxygens (including phenoxy) is 1. The van der Waals surface area contributed by atoms with Crippen molar-refractivity contribution in [2.45, 2.75) is 0 Å². The lowest BCUT2D eigenvalue weighted by Gasteiger charge is -2.06.